The quantitative estimate of drug-likeness (QED) is 0.694. The molecule has 3 rings (SSSR count). The van der Waals surface area contributed by atoms with Gasteiger partial charge in [-0.3, -0.25) is 0 Å². The van der Waals surface area contributed by atoms with Crippen molar-refractivity contribution in [1.29, 1.82) is 0 Å². The van der Waals surface area contributed by atoms with Gasteiger partial charge in [0.1, 0.15) is 10.7 Å². The number of halogens is 5. The van der Waals surface area contributed by atoms with Crippen LogP contribution >= 0.6 is 23.2 Å². The van der Waals surface area contributed by atoms with Crippen molar-refractivity contribution in [2.24, 2.45) is 0 Å². The third kappa shape index (κ3) is 4.37. The zero-order valence-corrected chi connectivity index (χ0v) is 16.8. The third-order valence-electron chi connectivity index (χ3n) is 4.39. The topological polar surface area (TPSA) is 53.5 Å². The summed E-state index contributed by atoms with van der Waals surface area (Å²) in [4.78, 5) is 5.57. The number of rotatable bonds is 3. The van der Waals surface area contributed by atoms with Gasteiger partial charge in [-0.1, -0.05) is 29.3 Å². The van der Waals surface area contributed by atoms with E-state index in [0.717, 1.165) is 12.3 Å². The number of pyridine rings is 1. The minimum absolute atomic E-state index is 0.0327. The SMILES string of the molecule is O=S(=O)(c1cccc(Cl)c1Cl)N1CCCN(c2ccc(C(F)(F)F)cn2)CC1. The Hall–Kier alpha value is -1.55. The predicted molar refractivity (Wildman–Crippen MR) is 101 cm³/mol. The lowest BCUT2D eigenvalue weighted by Gasteiger charge is -2.23. The molecule has 1 aromatic heterocycles. The minimum Gasteiger partial charge on any atom is -0.355 e. The highest BCUT2D eigenvalue weighted by atomic mass is 35.5. The summed E-state index contributed by atoms with van der Waals surface area (Å²) in [6.07, 6.45) is -3.19. The van der Waals surface area contributed by atoms with E-state index < -0.39 is 21.8 Å². The maximum atomic E-state index is 12.9. The maximum Gasteiger partial charge on any atom is 0.417 e. The molecule has 0 saturated carbocycles. The van der Waals surface area contributed by atoms with Crippen LogP contribution in [0.3, 0.4) is 0 Å². The van der Waals surface area contributed by atoms with E-state index in [1.54, 1.807) is 4.90 Å². The molecule has 0 amide bonds. The first kappa shape index (κ1) is 21.2. The van der Waals surface area contributed by atoms with Crippen LogP contribution in [0.2, 0.25) is 10.0 Å². The molecule has 0 atom stereocenters. The lowest BCUT2D eigenvalue weighted by Crippen LogP contribution is -2.35. The number of hydrogen-bond acceptors (Lipinski definition) is 4. The summed E-state index contributed by atoms with van der Waals surface area (Å²) in [5, 5.41) is 0.114. The lowest BCUT2D eigenvalue weighted by atomic mass is 10.2. The van der Waals surface area contributed by atoms with Crippen LogP contribution in [-0.2, 0) is 16.2 Å². The molecular weight excluding hydrogens is 438 g/mol. The Labute approximate surface area is 170 Å². The highest BCUT2D eigenvalue weighted by molar-refractivity contribution is 7.89. The van der Waals surface area contributed by atoms with Crippen molar-refractivity contribution >= 4 is 39.0 Å². The largest absolute Gasteiger partial charge is 0.417 e. The van der Waals surface area contributed by atoms with Crippen molar-refractivity contribution in [2.75, 3.05) is 31.1 Å². The Morgan fingerprint density at radius 2 is 1.75 bits per heavy atom. The smallest absolute Gasteiger partial charge is 0.355 e. The second-order valence-electron chi connectivity index (χ2n) is 6.20. The van der Waals surface area contributed by atoms with Gasteiger partial charge in [0.05, 0.1) is 15.6 Å². The number of nitrogens with zero attached hydrogens (tertiary/aromatic N) is 3. The second-order valence-corrected chi connectivity index (χ2v) is 8.89. The number of alkyl halides is 3. The number of hydrogen-bond donors (Lipinski definition) is 0. The van der Waals surface area contributed by atoms with Crippen molar-refractivity contribution in [3.8, 4) is 0 Å². The van der Waals surface area contributed by atoms with E-state index in [2.05, 4.69) is 4.98 Å². The van der Waals surface area contributed by atoms with Crippen LogP contribution in [0.15, 0.2) is 41.4 Å². The third-order valence-corrected chi connectivity index (χ3v) is 7.26. The highest BCUT2D eigenvalue weighted by Crippen LogP contribution is 2.32. The van der Waals surface area contributed by atoms with Crippen molar-refractivity contribution < 1.29 is 21.6 Å². The molecule has 1 saturated heterocycles. The van der Waals surface area contributed by atoms with Gasteiger partial charge in [0.15, 0.2) is 0 Å². The average Bonchev–Trinajstić information content (AvgIpc) is 2.90. The fourth-order valence-electron chi connectivity index (χ4n) is 2.93. The summed E-state index contributed by atoms with van der Waals surface area (Å²) in [6.45, 7) is 1.15. The van der Waals surface area contributed by atoms with Gasteiger partial charge in [0, 0.05) is 32.4 Å². The molecule has 0 N–H and O–H groups in total. The van der Waals surface area contributed by atoms with Crippen molar-refractivity contribution in [2.45, 2.75) is 17.5 Å². The van der Waals surface area contributed by atoms with E-state index in [-0.39, 0.29) is 34.6 Å². The molecule has 1 fully saturated rings. The zero-order chi connectivity index (χ0) is 20.5. The fraction of sp³-hybridized carbons (Fsp3) is 0.353. The summed E-state index contributed by atoms with van der Waals surface area (Å²) in [5.74, 6) is 0.369. The van der Waals surface area contributed by atoms with Gasteiger partial charge < -0.3 is 4.90 Å². The molecule has 152 valence electrons. The van der Waals surface area contributed by atoms with Gasteiger partial charge in [0.25, 0.3) is 0 Å². The normalized spacial score (nSPS) is 16.8. The number of benzene rings is 1. The minimum atomic E-state index is -4.45. The molecule has 0 radical (unpaired) electrons. The molecule has 1 aliphatic rings. The molecule has 0 spiro atoms. The van der Waals surface area contributed by atoms with Crippen molar-refractivity contribution in [1.82, 2.24) is 9.29 Å². The van der Waals surface area contributed by atoms with Crippen LogP contribution in [0.5, 0.6) is 0 Å². The molecule has 2 heterocycles. The van der Waals surface area contributed by atoms with E-state index in [1.165, 1.54) is 28.6 Å². The Morgan fingerprint density at radius 1 is 1.00 bits per heavy atom. The summed E-state index contributed by atoms with van der Waals surface area (Å²) >= 11 is 12.0. The number of sulfonamides is 1. The van der Waals surface area contributed by atoms with Crippen LogP contribution in [0.25, 0.3) is 0 Å². The first-order valence-electron chi connectivity index (χ1n) is 8.33. The van der Waals surface area contributed by atoms with Crippen LogP contribution in [0, 0.1) is 0 Å². The lowest BCUT2D eigenvalue weighted by molar-refractivity contribution is -0.137. The first-order chi connectivity index (χ1) is 13.1. The van der Waals surface area contributed by atoms with Crippen LogP contribution in [0.4, 0.5) is 19.0 Å². The molecule has 1 aromatic carbocycles. The number of anilines is 1. The van der Waals surface area contributed by atoms with Gasteiger partial charge in [0.2, 0.25) is 10.0 Å². The van der Waals surface area contributed by atoms with E-state index in [1.807, 2.05) is 0 Å². The Morgan fingerprint density at radius 3 is 2.39 bits per heavy atom. The van der Waals surface area contributed by atoms with E-state index in [4.69, 9.17) is 23.2 Å². The molecule has 0 bridgehead atoms. The molecular formula is C17H16Cl2F3N3O2S. The summed E-state index contributed by atoms with van der Waals surface area (Å²) in [6, 6.07) is 6.67. The van der Waals surface area contributed by atoms with Gasteiger partial charge in [-0.15, -0.1) is 0 Å². The molecule has 11 heteroatoms. The predicted octanol–water partition coefficient (Wildman–Crippen LogP) is 4.31. The summed E-state index contributed by atoms with van der Waals surface area (Å²) in [7, 11) is -3.85. The van der Waals surface area contributed by atoms with E-state index in [0.29, 0.717) is 18.8 Å². The zero-order valence-electron chi connectivity index (χ0n) is 14.5. The molecule has 5 nitrogen and oxygen atoms in total. The fourth-order valence-corrected chi connectivity index (χ4v) is 5.13. The van der Waals surface area contributed by atoms with Crippen LogP contribution in [0.1, 0.15) is 12.0 Å². The van der Waals surface area contributed by atoms with Gasteiger partial charge in [-0.2, -0.15) is 17.5 Å². The highest BCUT2D eigenvalue weighted by Gasteiger charge is 2.32. The average molecular weight is 454 g/mol. The molecule has 28 heavy (non-hydrogen) atoms. The standard InChI is InChI=1S/C17H16Cl2F3N3O2S/c18-13-3-1-4-14(16(13)19)28(26,27)25-8-2-7-24(9-10-25)15-6-5-12(11-23-15)17(20,21)22/h1,3-6,11H,2,7-10H2. The first-order valence-corrected chi connectivity index (χ1v) is 10.5. The summed E-state index contributed by atoms with van der Waals surface area (Å²) in [5.41, 5.74) is -0.828. The van der Waals surface area contributed by atoms with Crippen molar-refractivity contribution in [3.05, 3.63) is 52.1 Å². The van der Waals surface area contributed by atoms with Crippen LogP contribution in [-0.4, -0.2) is 43.9 Å². The van der Waals surface area contributed by atoms with Gasteiger partial charge >= 0.3 is 6.18 Å². The Balaban J connectivity index is 1.77. The van der Waals surface area contributed by atoms with Crippen molar-refractivity contribution in [3.63, 3.8) is 0 Å². The van der Waals surface area contributed by atoms with E-state index in [9.17, 15) is 21.6 Å². The Bertz CT molecular complexity index is 953. The second kappa shape index (κ2) is 8.06. The molecule has 2 aromatic rings. The van der Waals surface area contributed by atoms with Gasteiger partial charge in [-0.25, -0.2) is 13.4 Å². The van der Waals surface area contributed by atoms with E-state index >= 15 is 0 Å². The Kier molecular flexibility index (Phi) is 6.09. The van der Waals surface area contributed by atoms with Gasteiger partial charge in [-0.05, 0) is 30.7 Å². The molecule has 0 unspecified atom stereocenters. The van der Waals surface area contributed by atoms with Crippen LogP contribution < -0.4 is 4.90 Å². The maximum absolute atomic E-state index is 12.9. The summed E-state index contributed by atoms with van der Waals surface area (Å²) < 4.78 is 65.2. The molecule has 0 aliphatic carbocycles. The molecule has 1 aliphatic heterocycles. The monoisotopic (exact) mass is 453 g/mol. The number of aromatic nitrogens is 1.